The molecular weight excluding hydrogens is 458 g/mol. The summed E-state index contributed by atoms with van der Waals surface area (Å²) in [5.74, 6) is -6.12. The van der Waals surface area contributed by atoms with Gasteiger partial charge in [0.25, 0.3) is 0 Å². The number of anilines is 1. The highest BCUT2D eigenvalue weighted by molar-refractivity contribution is 9.10. The Labute approximate surface area is 161 Å². The van der Waals surface area contributed by atoms with Crippen LogP contribution in [0.3, 0.4) is 0 Å². The Morgan fingerprint density at radius 1 is 1.00 bits per heavy atom. The van der Waals surface area contributed by atoms with Gasteiger partial charge in [0.2, 0.25) is 5.71 Å². The molecule has 0 atom stereocenters. The molecule has 0 aliphatic heterocycles. The zero-order valence-corrected chi connectivity index (χ0v) is 14.8. The highest BCUT2D eigenvalue weighted by atomic mass is 79.9. The molecule has 28 heavy (non-hydrogen) atoms. The maximum Gasteiger partial charge on any atom is 0.416 e. The van der Waals surface area contributed by atoms with Crippen LogP contribution in [0.25, 0.3) is 0 Å². The van der Waals surface area contributed by atoms with E-state index in [0.29, 0.717) is 0 Å². The first-order valence-corrected chi connectivity index (χ1v) is 7.73. The fourth-order valence-corrected chi connectivity index (χ4v) is 2.26. The third-order valence-corrected chi connectivity index (χ3v) is 3.82. The summed E-state index contributed by atoms with van der Waals surface area (Å²) in [4.78, 5) is 0. The lowest BCUT2D eigenvalue weighted by Gasteiger charge is -2.15. The maximum atomic E-state index is 14.0. The molecule has 0 bridgehead atoms. The van der Waals surface area contributed by atoms with Gasteiger partial charge in [-0.05, 0) is 40.2 Å². The fraction of sp³-hybridized carbons (Fsp3) is 0.0625. The normalized spacial score (nSPS) is 10.6. The standard InChI is InChI=1S/C16H5BrF6N4O/c17-13-9(18)1-2-12(27-26-8(5-24)6-25)15(13)28-14-10(19)3-7(4-11(14)20)16(21,22)23/h1-4,27H. The van der Waals surface area contributed by atoms with E-state index in [2.05, 4.69) is 26.5 Å². The van der Waals surface area contributed by atoms with Crippen molar-refractivity contribution < 1.29 is 31.1 Å². The summed E-state index contributed by atoms with van der Waals surface area (Å²) >= 11 is 2.78. The van der Waals surface area contributed by atoms with Gasteiger partial charge in [-0.2, -0.15) is 28.8 Å². The number of nitrogens with zero attached hydrogens (tertiary/aromatic N) is 3. The molecule has 1 N–H and O–H groups in total. The molecule has 0 fully saturated rings. The molecule has 2 aromatic carbocycles. The Balaban J connectivity index is 2.52. The number of nitrogens with one attached hydrogen (secondary N) is 1. The van der Waals surface area contributed by atoms with Crippen LogP contribution in [0.15, 0.2) is 33.8 Å². The van der Waals surface area contributed by atoms with Crippen molar-refractivity contribution in [2.75, 3.05) is 5.43 Å². The van der Waals surface area contributed by atoms with Crippen LogP contribution in [0.4, 0.5) is 32.0 Å². The minimum atomic E-state index is -4.99. The van der Waals surface area contributed by atoms with Gasteiger partial charge in [0.15, 0.2) is 23.1 Å². The van der Waals surface area contributed by atoms with E-state index in [1.54, 1.807) is 0 Å². The Kier molecular flexibility index (Phi) is 6.16. The van der Waals surface area contributed by atoms with Gasteiger partial charge < -0.3 is 4.74 Å². The molecule has 144 valence electrons. The summed E-state index contributed by atoms with van der Waals surface area (Å²) in [5.41, 5.74) is -0.273. The van der Waals surface area contributed by atoms with E-state index in [1.807, 2.05) is 0 Å². The number of hydrogen-bond acceptors (Lipinski definition) is 5. The second-order valence-electron chi connectivity index (χ2n) is 4.90. The molecule has 0 saturated heterocycles. The van der Waals surface area contributed by atoms with Crippen molar-refractivity contribution in [3.63, 3.8) is 0 Å². The first-order valence-electron chi connectivity index (χ1n) is 6.94. The summed E-state index contributed by atoms with van der Waals surface area (Å²) in [7, 11) is 0. The molecule has 0 amide bonds. The van der Waals surface area contributed by atoms with E-state index >= 15 is 0 Å². The van der Waals surface area contributed by atoms with E-state index < -0.39 is 50.9 Å². The van der Waals surface area contributed by atoms with Crippen LogP contribution < -0.4 is 10.2 Å². The Morgan fingerprint density at radius 3 is 2.07 bits per heavy atom. The van der Waals surface area contributed by atoms with Gasteiger partial charge >= 0.3 is 6.18 Å². The van der Waals surface area contributed by atoms with Gasteiger partial charge in [-0.3, -0.25) is 5.43 Å². The van der Waals surface area contributed by atoms with Crippen molar-refractivity contribution >= 4 is 27.3 Å². The number of rotatable bonds is 4. The molecule has 0 saturated carbocycles. The van der Waals surface area contributed by atoms with Crippen molar-refractivity contribution in [3.05, 3.63) is 51.8 Å². The Morgan fingerprint density at radius 2 is 1.57 bits per heavy atom. The second kappa shape index (κ2) is 8.19. The van der Waals surface area contributed by atoms with Gasteiger partial charge in [0, 0.05) is 0 Å². The third-order valence-electron chi connectivity index (χ3n) is 3.08. The van der Waals surface area contributed by atoms with Crippen LogP contribution in [0.1, 0.15) is 5.56 Å². The van der Waals surface area contributed by atoms with Gasteiger partial charge in [0.05, 0.1) is 10.0 Å². The Hall–Kier alpha value is -3.25. The number of nitriles is 2. The topological polar surface area (TPSA) is 81.2 Å². The minimum absolute atomic E-state index is 0.0142. The van der Waals surface area contributed by atoms with Crippen molar-refractivity contribution in [2.24, 2.45) is 5.10 Å². The quantitative estimate of drug-likeness (QED) is 0.370. The minimum Gasteiger partial charge on any atom is -0.448 e. The average Bonchev–Trinajstić information content (AvgIpc) is 2.62. The summed E-state index contributed by atoms with van der Waals surface area (Å²) in [6.07, 6.45) is -4.99. The lowest BCUT2D eigenvalue weighted by atomic mass is 10.2. The predicted octanol–water partition coefficient (Wildman–Crippen LogP) is 5.49. The monoisotopic (exact) mass is 462 g/mol. The lowest BCUT2D eigenvalue weighted by molar-refractivity contribution is -0.138. The van der Waals surface area contributed by atoms with Gasteiger partial charge in [-0.15, -0.1) is 0 Å². The molecular formula is C16H5BrF6N4O. The van der Waals surface area contributed by atoms with Crippen molar-refractivity contribution in [2.45, 2.75) is 6.18 Å². The van der Waals surface area contributed by atoms with E-state index in [9.17, 15) is 26.3 Å². The molecule has 2 rings (SSSR count). The predicted molar refractivity (Wildman–Crippen MR) is 87.8 cm³/mol. The number of ether oxygens (including phenoxy) is 1. The number of benzene rings is 2. The maximum absolute atomic E-state index is 14.0. The summed E-state index contributed by atoms with van der Waals surface area (Å²) in [6, 6.07) is 4.79. The third kappa shape index (κ3) is 4.53. The highest BCUT2D eigenvalue weighted by Gasteiger charge is 2.33. The number of halogens is 7. The van der Waals surface area contributed by atoms with Crippen LogP contribution in [-0.4, -0.2) is 5.71 Å². The zero-order valence-electron chi connectivity index (χ0n) is 13.2. The summed E-state index contributed by atoms with van der Waals surface area (Å²) in [6.45, 7) is 0. The molecule has 0 aromatic heterocycles. The Bertz CT molecular complexity index is 1000. The molecule has 0 aliphatic carbocycles. The van der Waals surface area contributed by atoms with E-state index in [0.717, 1.165) is 12.1 Å². The number of hydrazone groups is 1. The van der Waals surface area contributed by atoms with E-state index in [1.165, 1.54) is 12.1 Å². The number of alkyl halides is 3. The van der Waals surface area contributed by atoms with Gasteiger partial charge in [0.1, 0.15) is 23.6 Å². The molecule has 0 spiro atoms. The first-order chi connectivity index (χ1) is 13.1. The molecule has 2 aromatic rings. The molecule has 12 heteroatoms. The van der Waals surface area contributed by atoms with Crippen LogP contribution in [0.2, 0.25) is 0 Å². The van der Waals surface area contributed by atoms with Crippen LogP contribution >= 0.6 is 15.9 Å². The van der Waals surface area contributed by atoms with Gasteiger partial charge in [-0.1, -0.05) is 0 Å². The highest BCUT2D eigenvalue weighted by Crippen LogP contribution is 2.41. The molecule has 0 aliphatic rings. The fourth-order valence-electron chi connectivity index (χ4n) is 1.83. The average molecular weight is 463 g/mol. The SMILES string of the molecule is N#CC(C#N)=NNc1ccc(F)c(Br)c1Oc1c(F)cc(C(F)(F)F)cc1F. The van der Waals surface area contributed by atoms with Crippen LogP contribution in [0.5, 0.6) is 11.5 Å². The van der Waals surface area contributed by atoms with E-state index in [4.69, 9.17) is 15.3 Å². The van der Waals surface area contributed by atoms with Crippen LogP contribution in [-0.2, 0) is 6.18 Å². The molecule has 0 heterocycles. The summed E-state index contributed by atoms with van der Waals surface area (Å²) in [5, 5.41) is 20.7. The number of hydrogen-bond donors (Lipinski definition) is 1. The van der Waals surface area contributed by atoms with Crippen molar-refractivity contribution in [3.8, 4) is 23.6 Å². The summed E-state index contributed by atoms with van der Waals surface area (Å²) < 4.78 is 84.2. The largest absolute Gasteiger partial charge is 0.448 e. The van der Waals surface area contributed by atoms with Crippen LogP contribution in [0, 0.1) is 40.1 Å². The smallest absolute Gasteiger partial charge is 0.416 e. The van der Waals surface area contributed by atoms with E-state index in [-0.39, 0.29) is 17.8 Å². The zero-order chi connectivity index (χ0) is 21.1. The van der Waals surface area contributed by atoms with Crippen molar-refractivity contribution in [1.29, 1.82) is 10.5 Å². The molecule has 0 radical (unpaired) electrons. The molecule has 5 nitrogen and oxygen atoms in total. The molecule has 0 unspecified atom stereocenters. The lowest BCUT2D eigenvalue weighted by Crippen LogP contribution is -2.07. The van der Waals surface area contributed by atoms with Gasteiger partial charge in [-0.25, -0.2) is 13.2 Å². The second-order valence-corrected chi connectivity index (χ2v) is 5.70. The van der Waals surface area contributed by atoms with Crippen molar-refractivity contribution in [1.82, 2.24) is 0 Å². The first kappa shape index (κ1) is 21.1.